The van der Waals surface area contributed by atoms with Crippen LogP contribution >= 0.6 is 0 Å². The zero-order chi connectivity index (χ0) is 29.6. The number of pyridine rings is 1. The topological polar surface area (TPSA) is 111 Å². The predicted octanol–water partition coefficient (Wildman–Crippen LogP) is 6.29. The van der Waals surface area contributed by atoms with E-state index in [-0.39, 0.29) is 28.0 Å². The molecule has 2 heterocycles. The molecule has 3 rings (SSSR count). The first-order valence-corrected chi connectivity index (χ1v) is 18.0. The number of aryl methyl sites for hydroxylation is 1. The van der Waals surface area contributed by atoms with E-state index < -0.39 is 24.0 Å². The molecule has 0 aliphatic rings. The number of rotatable bonds is 8. The number of anilines is 1. The predicted molar refractivity (Wildman–Crippen MR) is 162 cm³/mol. The van der Waals surface area contributed by atoms with Crippen molar-refractivity contribution in [2.24, 2.45) is 4.36 Å². The largest absolute Gasteiger partial charge is 0.459 e. The van der Waals surface area contributed by atoms with Crippen LogP contribution in [0.4, 0.5) is 5.69 Å². The molecule has 0 saturated heterocycles. The highest BCUT2D eigenvalue weighted by Crippen LogP contribution is 2.36. The van der Waals surface area contributed by atoms with Crippen molar-refractivity contribution in [3.8, 4) is 11.8 Å². The number of carbonyl (C=O) groups is 2. The van der Waals surface area contributed by atoms with E-state index in [0.29, 0.717) is 29.8 Å². The Morgan fingerprint density at radius 3 is 2.52 bits per heavy atom. The Kier molecular flexibility index (Phi) is 9.90. The van der Waals surface area contributed by atoms with E-state index in [1.165, 1.54) is 24.9 Å². The fraction of sp³-hybridized carbons (Fsp3) is 0.367. The molecule has 1 N–H and O–H groups in total. The summed E-state index contributed by atoms with van der Waals surface area (Å²) in [5.74, 6) is 5.59. The van der Waals surface area contributed by atoms with Gasteiger partial charge < -0.3 is 14.2 Å². The Balaban J connectivity index is 1.65. The van der Waals surface area contributed by atoms with E-state index in [0.717, 1.165) is 5.56 Å². The van der Waals surface area contributed by atoms with Gasteiger partial charge in [0.1, 0.15) is 0 Å². The van der Waals surface area contributed by atoms with Crippen LogP contribution in [0.5, 0.6) is 0 Å². The number of hydrogen-bond acceptors (Lipinski definition) is 6. The monoisotopic (exact) mass is 579 g/mol. The van der Waals surface area contributed by atoms with Crippen LogP contribution in [0.3, 0.4) is 0 Å². The van der Waals surface area contributed by atoms with Gasteiger partial charge in [0.05, 0.1) is 21.6 Å². The van der Waals surface area contributed by atoms with Gasteiger partial charge >= 0.3 is 0 Å². The van der Waals surface area contributed by atoms with E-state index in [9.17, 15) is 13.8 Å². The normalized spacial score (nSPS) is 13.1. The number of benzene rings is 1. The number of carbonyl (C=O) groups excluding carboxylic acids is 2. The number of hydrogen-bond donors (Lipinski definition) is 1. The average Bonchev–Trinajstić information content (AvgIpc) is 3.31. The highest BCUT2D eigenvalue weighted by atomic mass is 32.2. The summed E-state index contributed by atoms with van der Waals surface area (Å²) in [5, 5.41) is 2.90. The van der Waals surface area contributed by atoms with Crippen LogP contribution in [0, 0.1) is 18.8 Å². The third kappa shape index (κ3) is 8.74. The van der Waals surface area contributed by atoms with Crippen LogP contribution in [0.2, 0.25) is 18.1 Å². The van der Waals surface area contributed by atoms with Crippen LogP contribution in [0.1, 0.15) is 64.8 Å². The molecule has 0 saturated carbocycles. The number of aromatic nitrogens is 1. The molecular weight excluding hydrogens is 542 g/mol. The first kappa shape index (κ1) is 31.0. The molecule has 1 aromatic carbocycles. The van der Waals surface area contributed by atoms with Crippen LogP contribution in [-0.2, 0) is 14.2 Å². The van der Waals surface area contributed by atoms with Crippen LogP contribution in [-0.4, -0.2) is 47.9 Å². The summed E-state index contributed by atoms with van der Waals surface area (Å²) in [6.07, 6.45) is 6.45. The Hall–Kier alpha value is -3.52. The van der Waals surface area contributed by atoms with Crippen molar-refractivity contribution in [3.63, 3.8) is 0 Å². The van der Waals surface area contributed by atoms with Gasteiger partial charge in [0, 0.05) is 53.4 Å². The quantitative estimate of drug-likeness (QED) is 0.191. The number of nitrogens with one attached hydrogen (secondary N) is 1. The molecule has 10 heteroatoms. The smallest absolute Gasteiger partial charge is 0.291 e. The first-order chi connectivity index (χ1) is 18.7. The van der Waals surface area contributed by atoms with Crippen molar-refractivity contribution in [1.29, 1.82) is 0 Å². The standard InChI is InChI=1S/C30H37N3O5SSi/c1-22-14-16-37-27(22)29(35)32-26-11-8-10-23(19-26)12-13-24-18-25(21-31-20-24)28(34)33-39(5,36)17-9-15-38-40(6,7)30(2,3)4/h8,10-11,14,16,18-21H,9,15,17H2,1-7H3,(H,32,35). The molecule has 0 bridgehead atoms. The second-order valence-corrected chi connectivity index (χ2v) is 18.5. The minimum absolute atomic E-state index is 0.0974. The molecule has 0 radical (unpaired) electrons. The molecule has 0 fully saturated rings. The molecule has 212 valence electrons. The molecule has 1 atom stereocenters. The third-order valence-corrected chi connectivity index (χ3v) is 12.9. The van der Waals surface area contributed by atoms with Gasteiger partial charge in [-0.3, -0.25) is 14.6 Å². The van der Waals surface area contributed by atoms with Crippen molar-refractivity contribution in [3.05, 3.63) is 83.1 Å². The second kappa shape index (κ2) is 12.8. The van der Waals surface area contributed by atoms with E-state index in [4.69, 9.17) is 8.84 Å². The highest BCUT2D eigenvalue weighted by Gasteiger charge is 2.36. The second-order valence-electron chi connectivity index (χ2n) is 11.2. The summed E-state index contributed by atoms with van der Waals surface area (Å²) in [7, 11) is -4.61. The number of nitrogens with zero attached hydrogens (tertiary/aromatic N) is 2. The first-order valence-electron chi connectivity index (χ1n) is 13.0. The molecule has 8 nitrogen and oxygen atoms in total. The molecular formula is C30H37N3O5SSi. The van der Waals surface area contributed by atoms with E-state index >= 15 is 0 Å². The Morgan fingerprint density at radius 1 is 1.12 bits per heavy atom. The molecule has 3 aromatic rings. The summed E-state index contributed by atoms with van der Waals surface area (Å²) in [6.45, 7) is 13.1. The van der Waals surface area contributed by atoms with Crippen molar-refractivity contribution in [2.45, 2.75) is 52.2 Å². The maximum atomic E-state index is 13.0. The van der Waals surface area contributed by atoms with Gasteiger partial charge in [0.15, 0.2) is 14.1 Å². The van der Waals surface area contributed by atoms with Gasteiger partial charge in [-0.2, -0.15) is 4.36 Å². The molecule has 0 aliphatic carbocycles. The molecule has 0 spiro atoms. The van der Waals surface area contributed by atoms with E-state index in [1.54, 1.807) is 43.3 Å². The van der Waals surface area contributed by atoms with Gasteiger partial charge in [-0.1, -0.05) is 38.7 Å². The molecule has 1 unspecified atom stereocenters. The summed E-state index contributed by atoms with van der Waals surface area (Å²) in [4.78, 5) is 29.3. The fourth-order valence-electron chi connectivity index (χ4n) is 3.38. The van der Waals surface area contributed by atoms with Crippen molar-refractivity contribution in [1.82, 2.24) is 4.98 Å². The van der Waals surface area contributed by atoms with Gasteiger partial charge in [0.25, 0.3) is 11.8 Å². The maximum absolute atomic E-state index is 13.0. The van der Waals surface area contributed by atoms with Gasteiger partial charge in [-0.05, 0) is 61.8 Å². The summed E-state index contributed by atoms with van der Waals surface area (Å²) in [6, 6.07) is 10.4. The average molecular weight is 580 g/mol. The Bertz CT molecular complexity index is 1570. The summed E-state index contributed by atoms with van der Waals surface area (Å²) >= 11 is 0. The third-order valence-electron chi connectivity index (χ3n) is 6.74. The van der Waals surface area contributed by atoms with Crippen LogP contribution in [0.15, 0.2) is 63.8 Å². The molecule has 2 aromatic heterocycles. The minimum Gasteiger partial charge on any atom is -0.459 e. The SMILES string of the molecule is Cc1ccoc1C(=O)Nc1cccc(C#Cc2cncc(C(=O)N=S(C)(=O)CCCO[Si](C)(C)C(C)(C)C)c2)c1. The summed E-state index contributed by atoms with van der Waals surface area (Å²) < 4.78 is 28.3. The summed E-state index contributed by atoms with van der Waals surface area (Å²) in [5.41, 5.74) is 2.70. The van der Waals surface area contributed by atoms with Crippen molar-refractivity contribution >= 4 is 35.5 Å². The Labute approximate surface area is 238 Å². The number of amides is 2. The zero-order valence-electron chi connectivity index (χ0n) is 24.2. The number of furan rings is 1. The van der Waals surface area contributed by atoms with Crippen molar-refractivity contribution < 1.29 is 22.6 Å². The van der Waals surface area contributed by atoms with Crippen LogP contribution < -0.4 is 5.32 Å². The van der Waals surface area contributed by atoms with Gasteiger partial charge in [-0.25, -0.2) is 4.21 Å². The minimum atomic E-state index is -2.73. The van der Waals surface area contributed by atoms with Crippen molar-refractivity contribution in [2.75, 3.05) is 23.9 Å². The lowest BCUT2D eigenvalue weighted by Crippen LogP contribution is -2.41. The molecule has 2 amide bonds. The fourth-order valence-corrected chi connectivity index (χ4v) is 5.67. The van der Waals surface area contributed by atoms with Gasteiger partial charge in [-0.15, -0.1) is 0 Å². The molecule has 0 aliphatic heterocycles. The zero-order valence-corrected chi connectivity index (χ0v) is 26.0. The maximum Gasteiger partial charge on any atom is 0.291 e. The lowest BCUT2D eigenvalue weighted by Gasteiger charge is -2.36. The lowest BCUT2D eigenvalue weighted by molar-refractivity contribution is 0.0991. The molecule has 40 heavy (non-hydrogen) atoms. The van der Waals surface area contributed by atoms with E-state index in [2.05, 4.69) is 60.4 Å². The van der Waals surface area contributed by atoms with E-state index in [1.807, 2.05) is 0 Å². The highest BCUT2D eigenvalue weighted by molar-refractivity contribution is 7.93. The Morgan fingerprint density at radius 2 is 1.85 bits per heavy atom. The van der Waals surface area contributed by atoms with Crippen LogP contribution in [0.25, 0.3) is 0 Å². The van der Waals surface area contributed by atoms with Gasteiger partial charge in [0.2, 0.25) is 0 Å². The lowest BCUT2D eigenvalue weighted by atomic mass is 10.1.